The zero-order chi connectivity index (χ0) is 8.98. The van der Waals surface area contributed by atoms with Crippen LogP contribution in [0.2, 0.25) is 0 Å². The van der Waals surface area contributed by atoms with Gasteiger partial charge in [0.25, 0.3) is 0 Å². The standard InChI is InChI=1S/C9H22ClP/c1-5-9-11(10,6-2,7-3)8-4/h5-9H2,1-4H3. The number of halogens is 1. The van der Waals surface area contributed by atoms with Crippen molar-refractivity contribution in [2.24, 2.45) is 0 Å². The van der Waals surface area contributed by atoms with Crippen LogP contribution in [0, 0.1) is 0 Å². The number of rotatable bonds is 5. The van der Waals surface area contributed by atoms with Gasteiger partial charge in [0.15, 0.2) is 0 Å². The zero-order valence-corrected chi connectivity index (χ0v) is 10.0. The van der Waals surface area contributed by atoms with Crippen LogP contribution in [0.1, 0.15) is 34.1 Å². The van der Waals surface area contributed by atoms with E-state index in [0.29, 0.717) is 0 Å². The van der Waals surface area contributed by atoms with Gasteiger partial charge in [0.05, 0.1) is 0 Å². The van der Waals surface area contributed by atoms with Crippen molar-refractivity contribution in [3.05, 3.63) is 0 Å². The van der Waals surface area contributed by atoms with Gasteiger partial charge in [0, 0.05) is 0 Å². The van der Waals surface area contributed by atoms with Crippen molar-refractivity contribution < 1.29 is 0 Å². The Labute approximate surface area is 76.4 Å². The van der Waals surface area contributed by atoms with E-state index >= 15 is 0 Å². The van der Waals surface area contributed by atoms with Gasteiger partial charge in [-0.05, 0) is 0 Å². The van der Waals surface area contributed by atoms with Crippen LogP contribution in [0.15, 0.2) is 0 Å². The monoisotopic (exact) mass is 196 g/mol. The molecule has 0 radical (unpaired) electrons. The Bertz CT molecular complexity index is 108. The summed E-state index contributed by atoms with van der Waals surface area (Å²) in [6.07, 6.45) is 6.17. The predicted molar refractivity (Wildman–Crippen MR) is 59.6 cm³/mol. The predicted octanol–water partition coefficient (Wildman–Crippen LogP) is 4.16. The van der Waals surface area contributed by atoms with Gasteiger partial charge in [-0.2, -0.15) is 0 Å². The third kappa shape index (κ3) is 2.60. The van der Waals surface area contributed by atoms with Gasteiger partial charge in [-0.25, -0.2) is 0 Å². The summed E-state index contributed by atoms with van der Waals surface area (Å²) in [5, 5.41) is 0. The summed E-state index contributed by atoms with van der Waals surface area (Å²) >= 11 is 6.78. The third-order valence-electron chi connectivity index (χ3n) is 3.15. The van der Waals surface area contributed by atoms with E-state index in [2.05, 4.69) is 27.7 Å². The molecule has 0 N–H and O–H groups in total. The van der Waals surface area contributed by atoms with Crippen molar-refractivity contribution in [3.63, 3.8) is 0 Å². The van der Waals surface area contributed by atoms with E-state index in [1.807, 2.05) is 0 Å². The maximum absolute atomic E-state index is 6.78. The average molecular weight is 197 g/mol. The molecule has 11 heavy (non-hydrogen) atoms. The summed E-state index contributed by atoms with van der Waals surface area (Å²) in [6, 6.07) is 0. The molecule has 0 saturated carbocycles. The number of hydrogen-bond donors (Lipinski definition) is 0. The summed E-state index contributed by atoms with van der Waals surface area (Å²) in [5.41, 5.74) is 0. The fraction of sp³-hybridized carbons (Fsp3) is 1.00. The summed E-state index contributed by atoms with van der Waals surface area (Å²) in [6.45, 7) is 9.01. The molecule has 2 heteroatoms. The molecule has 70 valence electrons. The third-order valence-corrected chi connectivity index (χ3v) is 12.1. The molecule has 0 aromatic heterocycles. The fourth-order valence-electron chi connectivity index (χ4n) is 1.70. The van der Waals surface area contributed by atoms with E-state index in [1.54, 1.807) is 0 Å². The fourth-order valence-corrected chi connectivity index (χ4v) is 5.62. The molecular formula is C9H22ClP. The molecule has 0 bridgehead atoms. The number of hydrogen-bond acceptors (Lipinski definition) is 0. The molecular weight excluding hydrogens is 175 g/mol. The Morgan fingerprint density at radius 2 is 1.27 bits per heavy atom. The minimum absolute atomic E-state index is 1.22. The van der Waals surface area contributed by atoms with Gasteiger partial charge in [-0.1, -0.05) is 0 Å². The van der Waals surface area contributed by atoms with Crippen molar-refractivity contribution in [1.82, 2.24) is 0 Å². The van der Waals surface area contributed by atoms with Gasteiger partial charge in [0.1, 0.15) is 0 Å². The SMILES string of the molecule is CCCP(Cl)(CC)(CC)CC. The van der Waals surface area contributed by atoms with E-state index in [1.165, 1.54) is 31.1 Å². The molecule has 0 aliphatic heterocycles. The first kappa shape index (κ1) is 11.7. The Balaban J connectivity index is 4.44. The Morgan fingerprint density at radius 3 is 1.36 bits per heavy atom. The summed E-state index contributed by atoms with van der Waals surface area (Å²) in [4.78, 5) is 0. The average Bonchev–Trinajstić information content (AvgIpc) is 2.06. The van der Waals surface area contributed by atoms with Crippen molar-refractivity contribution >= 4 is 17.2 Å². The van der Waals surface area contributed by atoms with Crippen LogP contribution in [0.25, 0.3) is 0 Å². The van der Waals surface area contributed by atoms with Crippen LogP contribution >= 0.6 is 17.2 Å². The van der Waals surface area contributed by atoms with Crippen molar-refractivity contribution in [1.29, 1.82) is 0 Å². The summed E-state index contributed by atoms with van der Waals surface area (Å²) in [7, 11) is 0. The Morgan fingerprint density at radius 1 is 0.909 bits per heavy atom. The van der Waals surface area contributed by atoms with Crippen LogP contribution in [-0.4, -0.2) is 24.6 Å². The van der Waals surface area contributed by atoms with Gasteiger partial charge in [-0.3, -0.25) is 0 Å². The molecule has 0 nitrogen and oxygen atoms in total. The first-order chi connectivity index (χ1) is 5.04. The molecule has 0 saturated heterocycles. The van der Waals surface area contributed by atoms with Crippen LogP contribution in [0.5, 0.6) is 0 Å². The molecule has 0 atom stereocenters. The topological polar surface area (TPSA) is 0 Å². The second-order valence-corrected chi connectivity index (χ2v) is 12.3. The molecule has 0 aliphatic carbocycles. The van der Waals surface area contributed by atoms with Gasteiger partial charge in [0.2, 0.25) is 0 Å². The van der Waals surface area contributed by atoms with Crippen molar-refractivity contribution in [2.45, 2.75) is 34.1 Å². The van der Waals surface area contributed by atoms with Crippen molar-refractivity contribution in [2.75, 3.05) is 24.6 Å². The van der Waals surface area contributed by atoms with Gasteiger partial charge >= 0.3 is 76.0 Å². The van der Waals surface area contributed by atoms with E-state index in [0.717, 1.165) is 0 Å². The first-order valence-electron chi connectivity index (χ1n) is 4.76. The van der Waals surface area contributed by atoms with E-state index in [9.17, 15) is 0 Å². The second-order valence-electron chi connectivity index (χ2n) is 3.49. The van der Waals surface area contributed by atoms with E-state index < -0.39 is 5.96 Å². The van der Waals surface area contributed by atoms with Crippen LogP contribution in [-0.2, 0) is 0 Å². The normalized spacial score (nSPS) is 15.9. The van der Waals surface area contributed by atoms with Gasteiger partial charge < -0.3 is 0 Å². The maximum atomic E-state index is 6.78. The van der Waals surface area contributed by atoms with Crippen LogP contribution in [0.3, 0.4) is 0 Å². The minimum atomic E-state index is -1.71. The molecule has 0 spiro atoms. The molecule has 0 aromatic rings. The molecule has 0 heterocycles. The van der Waals surface area contributed by atoms with Gasteiger partial charge in [-0.15, -0.1) is 0 Å². The zero-order valence-electron chi connectivity index (χ0n) is 8.36. The van der Waals surface area contributed by atoms with Crippen LogP contribution < -0.4 is 0 Å². The van der Waals surface area contributed by atoms with E-state index in [-0.39, 0.29) is 0 Å². The molecule has 0 rings (SSSR count). The van der Waals surface area contributed by atoms with Crippen molar-refractivity contribution in [3.8, 4) is 0 Å². The molecule has 0 unspecified atom stereocenters. The molecule has 0 amide bonds. The quantitative estimate of drug-likeness (QED) is 0.580. The molecule has 0 aromatic carbocycles. The summed E-state index contributed by atoms with van der Waals surface area (Å²) < 4.78 is 0. The summed E-state index contributed by atoms with van der Waals surface area (Å²) in [5.74, 6) is -1.71. The molecule has 0 fully saturated rings. The molecule has 0 aliphatic rings. The second kappa shape index (κ2) is 4.10. The van der Waals surface area contributed by atoms with E-state index in [4.69, 9.17) is 11.2 Å². The first-order valence-corrected chi connectivity index (χ1v) is 8.64. The Hall–Kier alpha value is 0.720. The van der Waals surface area contributed by atoms with Crippen LogP contribution in [0.4, 0.5) is 0 Å². The Kier molecular flexibility index (Phi) is 4.37.